The van der Waals surface area contributed by atoms with Crippen molar-refractivity contribution in [3.8, 4) is 10.8 Å². The largest absolute Gasteiger partial charge is 0.410 e. The van der Waals surface area contributed by atoms with Crippen LogP contribution in [0.4, 0.5) is 0 Å². The molecule has 0 aliphatic carbocycles. The van der Waals surface area contributed by atoms with Crippen LogP contribution in [0.15, 0.2) is 21.8 Å². The topological polar surface area (TPSA) is 59.2 Å². The predicted molar refractivity (Wildman–Crippen MR) is 83.8 cm³/mol. The van der Waals surface area contributed by atoms with Crippen LogP contribution >= 0.6 is 34.7 Å². The molecule has 1 saturated heterocycles. The number of nitrogens with zero attached hydrogens (tertiary/aromatic N) is 3. The highest BCUT2D eigenvalue weighted by Gasteiger charge is 2.18. The van der Waals surface area contributed by atoms with Gasteiger partial charge in [-0.05, 0) is 31.4 Å². The number of amides is 1. The summed E-state index contributed by atoms with van der Waals surface area (Å²) in [6, 6.07) is 3.63. The van der Waals surface area contributed by atoms with E-state index in [-0.39, 0.29) is 5.91 Å². The molecule has 0 unspecified atom stereocenters. The summed E-state index contributed by atoms with van der Waals surface area (Å²) in [4.78, 5) is 14.8. The number of hydrogen-bond acceptors (Lipinski definition) is 6. The Labute approximate surface area is 135 Å². The lowest BCUT2D eigenvalue weighted by Gasteiger charge is -2.26. The monoisotopic (exact) mass is 343 g/mol. The lowest BCUT2D eigenvalue weighted by atomic mass is 10.1. The van der Waals surface area contributed by atoms with Gasteiger partial charge in [0.15, 0.2) is 0 Å². The smallest absolute Gasteiger partial charge is 0.277 e. The number of likely N-dealkylation sites (tertiary alicyclic amines) is 1. The average molecular weight is 344 g/mol. The summed E-state index contributed by atoms with van der Waals surface area (Å²) in [7, 11) is 0. The number of halogens is 1. The lowest BCUT2D eigenvalue weighted by molar-refractivity contribution is -0.129. The Morgan fingerprint density at radius 3 is 2.86 bits per heavy atom. The fraction of sp³-hybridized carbons (Fsp3) is 0.462. The van der Waals surface area contributed by atoms with Gasteiger partial charge in [-0.25, -0.2) is 0 Å². The van der Waals surface area contributed by atoms with Crippen LogP contribution in [0.3, 0.4) is 0 Å². The maximum absolute atomic E-state index is 12.1. The fourth-order valence-electron chi connectivity index (χ4n) is 2.15. The SMILES string of the molecule is O=C(CSc1nnc(-c2ccc(Cl)s2)o1)N1CCCCC1. The van der Waals surface area contributed by atoms with E-state index >= 15 is 0 Å². The Balaban J connectivity index is 1.56. The molecule has 1 fully saturated rings. The standard InChI is InChI=1S/C13H14ClN3O2S2/c14-10-5-4-9(21-10)12-15-16-13(19-12)20-8-11(18)17-6-2-1-3-7-17/h4-5H,1-3,6-8H2. The van der Waals surface area contributed by atoms with Crippen LogP contribution in [0.2, 0.25) is 4.34 Å². The number of rotatable bonds is 4. The summed E-state index contributed by atoms with van der Waals surface area (Å²) >= 11 is 8.55. The van der Waals surface area contributed by atoms with Crippen molar-refractivity contribution in [2.75, 3.05) is 18.8 Å². The lowest BCUT2D eigenvalue weighted by Crippen LogP contribution is -2.36. The van der Waals surface area contributed by atoms with Crippen molar-refractivity contribution in [1.82, 2.24) is 15.1 Å². The predicted octanol–water partition coefficient (Wildman–Crippen LogP) is 3.56. The van der Waals surface area contributed by atoms with E-state index in [4.69, 9.17) is 16.0 Å². The van der Waals surface area contributed by atoms with Crippen molar-refractivity contribution in [3.05, 3.63) is 16.5 Å². The molecule has 2 aromatic heterocycles. The van der Waals surface area contributed by atoms with E-state index in [1.807, 2.05) is 11.0 Å². The first-order valence-corrected chi connectivity index (χ1v) is 8.90. The third kappa shape index (κ3) is 3.78. The maximum atomic E-state index is 12.1. The molecule has 3 rings (SSSR count). The van der Waals surface area contributed by atoms with E-state index in [9.17, 15) is 4.79 Å². The van der Waals surface area contributed by atoms with Crippen LogP contribution in [0.5, 0.6) is 0 Å². The molecule has 3 heterocycles. The van der Waals surface area contributed by atoms with Gasteiger partial charge in [0.2, 0.25) is 5.91 Å². The first-order chi connectivity index (χ1) is 10.2. The van der Waals surface area contributed by atoms with Crippen LogP contribution in [-0.2, 0) is 4.79 Å². The van der Waals surface area contributed by atoms with Crippen molar-refractivity contribution < 1.29 is 9.21 Å². The minimum absolute atomic E-state index is 0.138. The number of hydrogen-bond donors (Lipinski definition) is 0. The molecule has 0 aromatic carbocycles. The van der Waals surface area contributed by atoms with Crippen LogP contribution < -0.4 is 0 Å². The van der Waals surface area contributed by atoms with Crippen LogP contribution in [0.25, 0.3) is 10.8 Å². The van der Waals surface area contributed by atoms with Crippen molar-refractivity contribution in [3.63, 3.8) is 0 Å². The fourth-order valence-corrected chi connectivity index (χ4v) is 3.79. The molecule has 1 aliphatic heterocycles. The van der Waals surface area contributed by atoms with Gasteiger partial charge in [0, 0.05) is 13.1 Å². The van der Waals surface area contributed by atoms with Gasteiger partial charge in [0.05, 0.1) is 15.0 Å². The molecule has 8 heteroatoms. The Kier molecular flexibility index (Phi) is 4.82. The highest BCUT2D eigenvalue weighted by atomic mass is 35.5. The molecule has 0 saturated carbocycles. The number of carbonyl (C=O) groups excluding carboxylic acids is 1. The Hall–Kier alpha value is -1.05. The summed E-state index contributed by atoms with van der Waals surface area (Å²) in [6.07, 6.45) is 3.41. The molecule has 5 nitrogen and oxygen atoms in total. The van der Waals surface area contributed by atoms with Gasteiger partial charge in [0.1, 0.15) is 0 Å². The summed E-state index contributed by atoms with van der Waals surface area (Å²) in [5.74, 6) is 0.922. The van der Waals surface area contributed by atoms with Crippen LogP contribution in [0.1, 0.15) is 19.3 Å². The molecule has 1 amide bonds. The molecule has 21 heavy (non-hydrogen) atoms. The number of piperidine rings is 1. The minimum atomic E-state index is 0.138. The third-order valence-electron chi connectivity index (χ3n) is 3.22. The van der Waals surface area contributed by atoms with E-state index in [1.54, 1.807) is 6.07 Å². The van der Waals surface area contributed by atoms with E-state index in [0.29, 0.717) is 21.2 Å². The van der Waals surface area contributed by atoms with Gasteiger partial charge in [-0.3, -0.25) is 4.79 Å². The summed E-state index contributed by atoms with van der Waals surface area (Å²) < 4.78 is 6.22. The van der Waals surface area contributed by atoms with Gasteiger partial charge >= 0.3 is 0 Å². The molecule has 2 aromatic rings. The van der Waals surface area contributed by atoms with E-state index < -0.39 is 0 Å². The summed E-state index contributed by atoms with van der Waals surface area (Å²) in [5.41, 5.74) is 0. The molecule has 0 bridgehead atoms. The normalized spacial score (nSPS) is 15.4. The second kappa shape index (κ2) is 6.81. The van der Waals surface area contributed by atoms with Crippen LogP contribution in [0, 0.1) is 0 Å². The number of thiophene rings is 1. The third-order valence-corrected chi connectivity index (χ3v) is 5.24. The second-order valence-electron chi connectivity index (χ2n) is 4.71. The van der Waals surface area contributed by atoms with Crippen molar-refractivity contribution in [1.29, 1.82) is 0 Å². The van der Waals surface area contributed by atoms with Crippen molar-refractivity contribution in [2.45, 2.75) is 24.5 Å². The maximum Gasteiger partial charge on any atom is 0.277 e. The molecule has 0 spiro atoms. The zero-order valence-electron chi connectivity index (χ0n) is 11.2. The van der Waals surface area contributed by atoms with Crippen molar-refractivity contribution in [2.24, 2.45) is 0 Å². The molecule has 0 atom stereocenters. The molecular weight excluding hydrogens is 330 g/mol. The Bertz CT molecular complexity index is 622. The summed E-state index contributed by atoms with van der Waals surface area (Å²) in [5, 5.41) is 8.35. The molecule has 0 N–H and O–H groups in total. The number of aromatic nitrogens is 2. The Morgan fingerprint density at radius 2 is 2.14 bits per heavy atom. The second-order valence-corrected chi connectivity index (χ2v) is 7.35. The number of carbonyl (C=O) groups is 1. The molecule has 112 valence electrons. The van der Waals surface area contributed by atoms with Gasteiger partial charge in [-0.15, -0.1) is 21.5 Å². The zero-order valence-corrected chi connectivity index (χ0v) is 13.6. The zero-order chi connectivity index (χ0) is 14.7. The van der Waals surface area contributed by atoms with E-state index in [2.05, 4.69) is 10.2 Å². The van der Waals surface area contributed by atoms with Gasteiger partial charge < -0.3 is 9.32 Å². The summed E-state index contributed by atoms with van der Waals surface area (Å²) in [6.45, 7) is 1.73. The highest BCUT2D eigenvalue weighted by molar-refractivity contribution is 7.99. The first kappa shape index (κ1) is 14.9. The van der Waals surface area contributed by atoms with Gasteiger partial charge in [-0.1, -0.05) is 23.4 Å². The quantitative estimate of drug-likeness (QED) is 0.794. The highest BCUT2D eigenvalue weighted by Crippen LogP contribution is 2.31. The van der Waals surface area contributed by atoms with Gasteiger partial charge in [-0.2, -0.15) is 0 Å². The Morgan fingerprint density at radius 1 is 1.33 bits per heavy atom. The first-order valence-electron chi connectivity index (χ1n) is 6.72. The minimum Gasteiger partial charge on any atom is -0.410 e. The van der Waals surface area contributed by atoms with Gasteiger partial charge in [0.25, 0.3) is 11.1 Å². The van der Waals surface area contributed by atoms with E-state index in [0.717, 1.165) is 30.8 Å². The molecular formula is C13H14ClN3O2S2. The average Bonchev–Trinajstić information content (AvgIpc) is 3.14. The van der Waals surface area contributed by atoms with Crippen molar-refractivity contribution >= 4 is 40.6 Å². The molecule has 1 aliphatic rings. The molecule has 0 radical (unpaired) electrons. The van der Waals surface area contributed by atoms with Crippen LogP contribution in [-0.4, -0.2) is 39.8 Å². The van der Waals surface area contributed by atoms with E-state index in [1.165, 1.54) is 29.5 Å². The number of thioether (sulfide) groups is 1.